The van der Waals surface area contributed by atoms with Crippen LogP contribution in [0, 0.1) is 0 Å². The van der Waals surface area contributed by atoms with Crippen LogP contribution in [0.4, 0.5) is 0 Å². The van der Waals surface area contributed by atoms with Crippen molar-refractivity contribution in [2.75, 3.05) is 0 Å². The minimum Gasteiger partial charge on any atom is -0.392 e. The van der Waals surface area contributed by atoms with Crippen LogP contribution in [0.5, 0.6) is 0 Å². The SMILES string of the molecule is C[C@H](N)C(O)CCC=O. The second-order valence-electron chi connectivity index (χ2n) is 2.17. The van der Waals surface area contributed by atoms with Crippen LogP contribution in [0.1, 0.15) is 19.8 Å². The van der Waals surface area contributed by atoms with Gasteiger partial charge in [0.15, 0.2) is 0 Å². The van der Waals surface area contributed by atoms with Crippen LogP contribution in [0.25, 0.3) is 0 Å². The average Bonchev–Trinajstić information content (AvgIpc) is 1.82. The Morgan fingerprint density at radius 2 is 2.33 bits per heavy atom. The molecule has 0 aliphatic heterocycles. The number of aliphatic hydroxyl groups excluding tert-OH is 1. The van der Waals surface area contributed by atoms with Gasteiger partial charge in [-0.1, -0.05) is 0 Å². The highest BCUT2D eigenvalue weighted by Crippen LogP contribution is 1.97. The first-order valence-corrected chi connectivity index (χ1v) is 3.05. The second-order valence-corrected chi connectivity index (χ2v) is 2.17. The van der Waals surface area contributed by atoms with Gasteiger partial charge in [0.1, 0.15) is 6.29 Å². The molecule has 0 aliphatic carbocycles. The zero-order valence-corrected chi connectivity index (χ0v) is 5.58. The predicted molar refractivity (Wildman–Crippen MR) is 35.0 cm³/mol. The van der Waals surface area contributed by atoms with Crippen LogP contribution in [0.15, 0.2) is 0 Å². The van der Waals surface area contributed by atoms with Crippen molar-refractivity contribution in [3.05, 3.63) is 0 Å². The molecule has 0 aromatic carbocycles. The van der Waals surface area contributed by atoms with Crippen molar-refractivity contribution in [1.82, 2.24) is 0 Å². The normalized spacial score (nSPS) is 16.8. The molecule has 0 fully saturated rings. The highest BCUT2D eigenvalue weighted by molar-refractivity contribution is 5.49. The molecule has 0 aromatic rings. The quantitative estimate of drug-likeness (QED) is 0.514. The number of aliphatic hydroxyl groups is 1. The Morgan fingerprint density at radius 3 is 2.67 bits per heavy atom. The summed E-state index contributed by atoms with van der Waals surface area (Å²) in [7, 11) is 0. The number of hydrogen-bond donors (Lipinski definition) is 2. The van der Waals surface area contributed by atoms with Crippen LogP contribution in [0.3, 0.4) is 0 Å². The first-order chi connectivity index (χ1) is 4.18. The van der Waals surface area contributed by atoms with Crippen LogP contribution in [-0.2, 0) is 4.79 Å². The molecule has 9 heavy (non-hydrogen) atoms. The Balaban J connectivity index is 3.26. The molecule has 0 rings (SSSR count). The summed E-state index contributed by atoms with van der Waals surface area (Å²) in [5.74, 6) is 0. The zero-order valence-electron chi connectivity index (χ0n) is 5.58. The van der Waals surface area contributed by atoms with Gasteiger partial charge >= 0.3 is 0 Å². The van der Waals surface area contributed by atoms with Gasteiger partial charge in [-0.05, 0) is 13.3 Å². The molecular weight excluding hydrogens is 118 g/mol. The van der Waals surface area contributed by atoms with Gasteiger partial charge in [-0.3, -0.25) is 0 Å². The molecule has 0 bridgehead atoms. The Labute approximate surface area is 54.9 Å². The molecule has 3 nitrogen and oxygen atoms in total. The molecular formula is C6H13NO2. The van der Waals surface area contributed by atoms with Gasteiger partial charge < -0.3 is 15.6 Å². The lowest BCUT2D eigenvalue weighted by atomic mass is 10.1. The number of carbonyl (C=O) groups excluding carboxylic acids is 1. The number of hydrogen-bond acceptors (Lipinski definition) is 3. The molecule has 0 aromatic heterocycles. The van der Waals surface area contributed by atoms with E-state index < -0.39 is 6.10 Å². The molecule has 3 heteroatoms. The highest BCUT2D eigenvalue weighted by atomic mass is 16.3. The maximum Gasteiger partial charge on any atom is 0.120 e. The molecule has 0 radical (unpaired) electrons. The third-order valence-electron chi connectivity index (χ3n) is 1.19. The summed E-state index contributed by atoms with van der Waals surface area (Å²) in [6.45, 7) is 1.72. The van der Waals surface area contributed by atoms with Gasteiger partial charge in [-0.25, -0.2) is 0 Å². The lowest BCUT2D eigenvalue weighted by Gasteiger charge is -2.11. The summed E-state index contributed by atoms with van der Waals surface area (Å²) in [6.07, 6.45) is 1.12. The van der Waals surface area contributed by atoms with Crippen molar-refractivity contribution in [2.24, 2.45) is 5.73 Å². The molecule has 1 unspecified atom stereocenters. The molecule has 0 aliphatic rings. The lowest BCUT2D eigenvalue weighted by Crippen LogP contribution is -2.31. The largest absolute Gasteiger partial charge is 0.392 e. The zero-order chi connectivity index (χ0) is 7.28. The van der Waals surface area contributed by atoms with Crippen molar-refractivity contribution in [2.45, 2.75) is 31.9 Å². The summed E-state index contributed by atoms with van der Waals surface area (Å²) < 4.78 is 0. The Bertz CT molecular complexity index is 83.1. The van der Waals surface area contributed by atoms with Crippen LogP contribution >= 0.6 is 0 Å². The predicted octanol–water partition coefficient (Wildman–Crippen LogP) is -0.326. The smallest absolute Gasteiger partial charge is 0.120 e. The number of carbonyl (C=O) groups is 1. The Morgan fingerprint density at radius 1 is 1.78 bits per heavy atom. The standard InChI is InChI=1S/C6H13NO2/c1-5(7)6(9)3-2-4-8/h4-6,9H,2-3,7H2,1H3/t5-,6?/m0/s1. The van der Waals surface area contributed by atoms with Crippen LogP contribution in [0.2, 0.25) is 0 Å². The van der Waals surface area contributed by atoms with Crippen molar-refractivity contribution in [3.63, 3.8) is 0 Å². The first kappa shape index (κ1) is 8.59. The van der Waals surface area contributed by atoms with Gasteiger partial charge in [0, 0.05) is 12.5 Å². The minimum absolute atomic E-state index is 0.232. The van der Waals surface area contributed by atoms with Gasteiger partial charge in [-0.2, -0.15) is 0 Å². The van der Waals surface area contributed by atoms with E-state index in [0.717, 1.165) is 6.29 Å². The van der Waals surface area contributed by atoms with E-state index in [1.165, 1.54) is 0 Å². The van der Waals surface area contributed by atoms with E-state index in [-0.39, 0.29) is 6.04 Å². The molecule has 0 amide bonds. The van der Waals surface area contributed by atoms with Crippen molar-refractivity contribution in [1.29, 1.82) is 0 Å². The number of nitrogens with two attached hydrogens (primary N) is 1. The lowest BCUT2D eigenvalue weighted by molar-refractivity contribution is -0.108. The molecule has 2 atom stereocenters. The minimum atomic E-state index is -0.532. The van der Waals surface area contributed by atoms with Crippen molar-refractivity contribution < 1.29 is 9.90 Å². The maximum absolute atomic E-state index is 9.78. The fraction of sp³-hybridized carbons (Fsp3) is 0.833. The Kier molecular flexibility index (Phi) is 4.26. The first-order valence-electron chi connectivity index (χ1n) is 3.05. The van der Waals surface area contributed by atoms with Crippen molar-refractivity contribution >= 4 is 6.29 Å². The van der Waals surface area contributed by atoms with Gasteiger partial charge in [0.2, 0.25) is 0 Å². The van der Waals surface area contributed by atoms with E-state index in [0.29, 0.717) is 12.8 Å². The maximum atomic E-state index is 9.78. The van der Waals surface area contributed by atoms with Crippen LogP contribution < -0.4 is 5.73 Å². The van der Waals surface area contributed by atoms with E-state index in [2.05, 4.69) is 0 Å². The van der Waals surface area contributed by atoms with E-state index >= 15 is 0 Å². The fourth-order valence-corrected chi connectivity index (χ4v) is 0.502. The molecule has 0 saturated heterocycles. The molecule has 0 heterocycles. The number of rotatable bonds is 4. The average molecular weight is 131 g/mol. The third kappa shape index (κ3) is 4.12. The number of aldehydes is 1. The molecule has 0 saturated carbocycles. The molecule has 0 spiro atoms. The summed E-state index contributed by atoms with van der Waals surface area (Å²) in [5.41, 5.74) is 5.31. The van der Waals surface area contributed by atoms with E-state index in [4.69, 9.17) is 10.8 Å². The molecule has 3 N–H and O–H groups in total. The molecule has 54 valence electrons. The van der Waals surface area contributed by atoms with E-state index in [1.54, 1.807) is 6.92 Å². The van der Waals surface area contributed by atoms with E-state index in [1.807, 2.05) is 0 Å². The topological polar surface area (TPSA) is 63.3 Å². The van der Waals surface area contributed by atoms with Crippen LogP contribution in [-0.4, -0.2) is 23.5 Å². The fourth-order valence-electron chi connectivity index (χ4n) is 0.502. The van der Waals surface area contributed by atoms with Gasteiger partial charge in [0.25, 0.3) is 0 Å². The summed E-state index contributed by atoms with van der Waals surface area (Å²) in [6, 6.07) is -0.232. The van der Waals surface area contributed by atoms with E-state index in [9.17, 15) is 4.79 Å². The summed E-state index contributed by atoms with van der Waals surface area (Å²) in [5, 5.41) is 8.97. The van der Waals surface area contributed by atoms with Crippen molar-refractivity contribution in [3.8, 4) is 0 Å². The summed E-state index contributed by atoms with van der Waals surface area (Å²) >= 11 is 0. The monoisotopic (exact) mass is 131 g/mol. The highest BCUT2D eigenvalue weighted by Gasteiger charge is 2.07. The summed E-state index contributed by atoms with van der Waals surface area (Å²) in [4.78, 5) is 9.78. The Hall–Kier alpha value is -0.410. The second kappa shape index (κ2) is 4.47. The van der Waals surface area contributed by atoms with Gasteiger partial charge in [-0.15, -0.1) is 0 Å². The third-order valence-corrected chi connectivity index (χ3v) is 1.19. The van der Waals surface area contributed by atoms with Gasteiger partial charge in [0.05, 0.1) is 6.10 Å².